The molecule has 16 heavy (non-hydrogen) atoms. The van der Waals surface area contributed by atoms with Crippen LogP contribution in [-0.2, 0) is 0 Å². The van der Waals surface area contributed by atoms with Crippen molar-refractivity contribution in [3.63, 3.8) is 0 Å². The Balaban J connectivity index is 2.11. The summed E-state index contributed by atoms with van der Waals surface area (Å²) in [6.45, 7) is 4.42. The van der Waals surface area contributed by atoms with Gasteiger partial charge in [0, 0.05) is 17.6 Å². The lowest BCUT2D eigenvalue weighted by atomic mass is 9.93. The second kappa shape index (κ2) is 4.88. The smallest absolute Gasteiger partial charge is 0.101 e. The first-order valence-electron chi connectivity index (χ1n) is 5.69. The van der Waals surface area contributed by atoms with E-state index in [1.807, 2.05) is 18.2 Å². The lowest BCUT2D eigenvalue weighted by Gasteiger charge is -2.41. The van der Waals surface area contributed by atoms with Crippen molar-refractivity contribution in [1.29, 1.82) is 5.26 Å². The molecule has 0 bridgehead atoms. The van der Waals surface area contributed by atoms with Gasteiger partial charge in [0.15, 0.2) is 0 Å². The first-order chi connectivity index (χ1) is 7.74. The molecule has 1 saturated heterocycles. The third kappa shape index (κ3) is 2.22. The highest BCUT2D eigenvalue weighted by atomic mass is 79.9. The number of nitriles is 1. The minimum absolute atomic E-state index is 0.776. The van der Waals surface area contributed by atoms with Crippen molar-refractivity contribution in [2.24, 2.45) is 5.92 Å². The average molecular weight is 279 g/mol. The lowest BCUT2D eigenvalue weighted by molar-refractivity contribution is 0.380. The van der Waals surface area contributed by atoms with E-state index in [2.05, 4.69) is 33.8 Å². The van der Waals surface area contributed by atoms with Crippen molar-refractivity contribution < 1.29 is 0 Å². The first kappa shape index (κ1) is 11.5. The summed E-state index contributed by atoms with van der Waals surface area (Å²) in [5.74, 6) is 0.815. The number of anilines is 1. The van der Waals surface area contributed by atoms with E-state index in [4.69, 9.17) is 5.26 Å². The van der Waals surface area contributed by atoms with Crippen LogP contribution in [0.2, 0.25) is 0 Å². The summed E-state index contributed by atoms with van der Waals surface area (Å²) in [7, 11) is 0. The van der Waals surface area contributed by atoms with Crippen molar-refractivity contribution in [2.45, 2.75) is 19.8 Å². The Hall–Kier alpha value is -1.01. The van der Waals surface area contributed by atoms with Crippen molar-refractivity contribution in [1.82, 2.24) is 0 Å². The van der Waals surface area contributed by atoms with Crippen molar-refractivity contribution in [2.75, 3.05) is 18.0 Å². The van der Waals surface area contributed by atoms with E-state index in [1.165, 1.54) is 12.8 Å². The molecule has 1 aromatic rings. The number of benzene rings is 1. The molecule has 0 aliphatic carbocycles. The molecule has 1 aliphatic heterocycles. The summed E-state index contributed by atoms with van der Waals surface area (Å²) in [4.78, 5) is 2.30. The predicted octanol–water partition coefficient (Wildman–Crippen LogP) is 3.56. The number of nitrogens with zero attached hydrogens (tertiary/aromatic N) is 2. The highest BCUT2D eigenvalue weighted by Crippen LogP contribution is 2.31. The van der Waals surface area contributed by atoms with Gasteiger partial charge >= 0.3 is 0 Å². The molecule has 0 N–H and O–H groups in total. The Labute approximate surface area is 105 Å². The van der Waals surface area contributed by atoms with E-state index in [0.29, 0.717) is 0 Å². The van der Waals surface area contributed by atoms with E-state index < -0.39 is 0 Å². The van der Waals surface area contributed by atoms with Crippen LogP contribution in [0.1, 0.15) is 25.3 Å². The molecule has 0 aromatic heterocycles. The van der Waals surface area contributed by atoms with Crippen LogP contribution in [0.15, 0.2) is 22.7 Å². The van der Waals surface area contributed by atoms with Gasteiger partial charge in [-0.15, -0.1) is 0 Å². The zero-order valence-corrected chi connectivity index (χ0v) is 11.0. The SMILES string of the molecule is CCCC1CN(c2cc(Br)ccc2C#N)C1. The maximum Gasteiger partial charge on any atom is 0.101 e. The maximum absolute atomic E-state index is 9.06. The van der Waals surface area contributed by atoms with E-state index in [9.17, 15) is 0 Å². The molecular formula is C13H15BrN2. The van der Waals surface area contributed by atoms with Gasteiger partial charge in [-0.1, -0.05) is 29.3 Å². The molecule has 0 radical (unpaired) electrons. The Morgan fingerprint density at radius 3 is 2.88 bits per heavy atom. The summed E-state index contributed by atoms with van der Waals surface area (Å²) in [5, 5.41) is 9.06. The second-order valence-corrected chi connectivity index (χ2v) is 5.25. The van der Waals surface area contributed by atoms with Gasteiger partial charge in [-0.05, 0) is 30.5 Å². The van der Waals surface area contributed by atoms with Gasteiger partial charge in [0.2, 0.25) is 0 Å². The van der Waals surface area contributed by atoms with Gasteiger partial charge in [0.1, 0.15) is 6.07 Å². The fourth-order valence-corrected chi connectivity index (χ4v) is 2.57. The zero-order valence-electron chi connectivity index (χ0n) is 9.41. The minimum atomic E-state index is 0.776. The molecule has 1 aromatic carbocycles. The molecular weight excluding hydrogens is 264 g/mol. The second-order valence-electron chi connectivity index (χ2n) is 4.33. The van der Waals surface area contributed by atoms with Crippen LogP contribution in [0.5, 0.6) is 0 Å². The van der Waals surface area contributed by atoms with E-state index >= 15 is 0 Å². The molecule has 0 unspecified atom stereocenters. The van der Waals surface area contributed by atoms with Gasteiger partial charge in [-0.25, -0.2) is 0 Å². The van der Waals surface area contributed by atoms with Gasteiger partial charge in [0.05, 0.1) is 11.3 Å². The molecule has 1 aliphatic rings. The highest BCUT2D eigenvalue weighted by Gasteiger charge is 2.27. The van der Waals surface area contributed by atoms with Crippen molar-refractivity contribution >= 4 is 21.6 Å². The Morgan fingerprint density at radius 2 is 2.25 bits per heavy atom. The van der Waals surface area contributed by atoms with E-state index in [1.54, 1.807) is 0 Å². The van der Waals surface area contributed by atoms with E-state index in [-0.39, 0.29) is 0 Å². The minimum Gasteiger partial charge on any atom is -0.370 e. The Bertz CT molecular complexity index is 416. The first-order valence-corrected chi connectivity index (χ1v) is 6.48. The molecule has 0 spiro atoms. The number of hydrogen-bond donors (Lipinski definition) is 0. The fraction of sp³-hybridized carbons (Fsp3) is 0.462. The summed E-state index contributed by atoms with van der Waals surface area (Å²) in [6.07, 6.45) is 2.55. The Kier molecular flexibility index (Phi) is 3.50. The molecule has 2 rings (SSSR count). The average Bonchev–Trinajstić information content (AvgIpc) is 2.23. The molecule has 0 atom stereocenters. The molecule has 2 nitrogen and oxygen atoms in total. The lowest BCUT2D eigenvalue weighted by Crippen LogP contribution is -2.47. The number of halogens is 1. The molecule has 84 valence electrons. The molecule has 0 amide bonds. The third-order valence-corrected chi connectivity index (χ3v) is 3.57. The van der Waals surface area contributed by atoms with Crippen LogP contribution in [0.3, 0.4) is 0 Å². The summed E-state index contributed by atoms with van der Waals surface area (Å²) < 4.78 is 1.04. The zero-order chi connectivity index (χ0) is 11.5. The van der Waals surface area contributed by atoms with Crippen molar-refractivity contribution in [3.8, 4) is 6.07 Å². The summed E-state index contributed by atoms with van der Waals surface area (Å²) in [6, 6.07) is 8.10. The number of hydrogen-bond acceptors (Lipinski definition) is 2. The van der Waals surface area contributed by atoms with Gasteiger partial charge in [0.25, 0.3) is 0 Å². The fourth-order valence-electron chi connectivity index (χ4n) is 2.22. The Morgan fingerprint density at radius 1 is 1.50 bits per heavy atom. The van der Waals surface area contributed by atoms with Crippen LogP contribution in [0.25, 0.3) is 0 Å². The maximum atomic E-state index is 9.06. The van der Waals surface area contributed by atoms with E-state index in [0.717, 1.165) is 34.7 Å². The third-order valence-electron chi connectivity index (χ3n) is 3.08. The monoisotopic (exact) mass is 278 g/mol. The standard InChI is InChI=1S/C13H15BrN2/c1-2-3-10-8-16(9-10)13-6-12(14)5-4-11(13)7-15/h4-6,10H,2-3,8-9H2,1H3. The largest absolute Gasteiger partial charge is 0.370 e. The van der Waals surface area contributed by atoms with Gasteiger partial charge in [-0.2, -0.15) is 5.26 Å². The van der Waals surface area contributed by atoms with Crippen LogP contribution in [-0.4, -0.2) is 13.1 Å². The van der Waals surface area contributed by atoms with Gasteiger partial charge in [-0.3, -0.25) is 0 Å². The normalized spacial score (nSPS) is 15.7. The molecule has 1 fully saturated rings. The molecule has 1 heterocycles. The summed E-state index contributed by atoms with van der Waals surface area (Å²) >= 11 is 3.46. The number of rotatable bonds is 3. The van der Waals surface area contributed by atoms with Crippen LogP contribution < -0.4 is 4.90 Å². The highest BCUT2D eigenvalue weighted by molar-refractivity contribution is 9.10. The molecule has 3 heteroatoms. The van der Waals surface area contributed by atoms with Gasteiger partial charge < -0.3 is 4.90 Å². The van der Waals surface area contributed by atoms with Crippen molar-refractivity contribution in [3.05, 3.63) is 28.2 Å². The summed E-state index contributed by atoms with van der Waals surface area (Å²) in [5.41, 5.74) is 1.85. The topological polar surface area (TPSA) is 27.0 Å². The van der Waals surface area contributed by atoms with Crippen LogP contribution >= 0.6 is 15.9 Å². The molecule has 0 saturated carbocycles. The quantitative estimate of drug-likeness (QED) is 0.846. The van der Waals surface area contributed by atoms with Crippen LogP contribution in [0, 0.1) is 17.2 Å². The van der Waals surface area contributed by atoms with Crippen LogP contribution in [0.4, 0.5) is 5.69 Å². The predicted molar refractivity (Wildman–Crippen MR) is 69.5 cm³/mol.